The highest BCUT2D eigenvalue weighted by molar-refractivity contribution is 6.13. The van der Waals surface area contributed by atoms with Gasteiger partial charge in [-0.05, 0) is 51.4 Å². The van der Waals surface area contributed by atoms with Crippen LogP contribution >= 0.6 is 0 Å². The molecule has 3 aromatic carbocycles. The van der Waals surface area contributed by atoms with E-state index in [2.05, 4.69) is 29.2 Å². The zero-order chi connectivity index (χ0) is 16.4. The molecule has 1 heterocycles. The lowest BCUT2D eigenvalue weighted by Crippen LogP contribution is -1.94. The summed E-state index contributed by atoms with van der Waals surface area (Å²) >= 11 is 0. The van der Waals surface area contributed by atoms with Crippen LogP contribution in [0, 0.1) is 0 Å². The third kappa shape index (κ3) is 2.70. The second-order valence-corrected chi connectivity index (χ2v) is 5.71. The molecule has 0 radical (unpaired) electrons. The van der Waals surface area contributed by atoms with E-state index in [0.29, 0.717) is 5.56 Å². The van der Waals surface area contributed by atoms with Crippen molar-refractivity contribution in [3.8, 4) is 0 Å². The average molecular weight is 309 g/mol. The van der Waals surface area contributed by atoms with Gasteiger partial charge in [-0.15, -0.1) is 0 Å². The van der Waals surface area contributed by atoms with Crippen LogP contribution < -0.4 is 0 Å². The molecule has 2 nitrogen and oxygen atoms in total. The maximum Gasteiger partial charge on any atom is 0.185 e. The number of fused-ring (bicyclic) bond motifs is 3. The van der Waals surface area contributed by atoms with Crippen molar-refractivity contribution in [1.82, 2.24) is 4.98 Å². The van der Waals surface area contributed by atoms with Gasteiger partial charge in [-0.2, -0.15) is 0 Å². The van der Waals surface area contributed by atoms with Gasteiger partial charge in [-0.1, -0.05) is 54.6 Å². The number of nitrogens with zero attached hydrogens (tertiary/aromatic N) is 1. The van der Waals surface area contributed by atoms with Crippen molar-refractivity contribution in [2.24, 2.45) is 0 Å². The van der Waals surface area contributed by atoms with Crippen molar-refractivity contribution < 1.29 is 4.79 Å². The molecule has 0 amide bonds. The normalized spacial score (nSPS) is 11.3. The lowest BCUT2D eigenvalue weighted by molar-refractivity contribution is 0.104. The SMILES string of the molecule is O=C(C=Cc1cccnc1)c1ccc2ccc3ccccc3c2c1. The molecule has 0 aliphatic heterocycles. The number of hydrogen-bond donors (Lipinski definition) is 0. The van der Waals surface area contributed by atoms with Gasteiger partial charge in [0.05, 0.1) is 0 Å². The van der Waals surface area contributed by atoms with Gasteiger partial charge in [-0.25, -0.2) is 0 Å². The molecule has 24 heavy (non-hydrogen) atoms. The Morgan fingerprint density at radius 3 is 2.46 bits per heavy atom. The van der Waals surface area contributed by atoms with Crippen LogP contribution in [0.3, 0.4) is 0 Å². The fraction of sp³-hybridized carbons (Fsp3) is 0. The summed E-state index contributed by atoms with van der Waals surface area (Å²) in [5, 5.41) is 4.59. The Hall–Kier alpha value is -3.26. The van der Waals surface area contributed by atoms with E-state index in [1.54, 1.807) is 24.5 Å². The Morgan fingerprint density at radius 2 is 1.62 bits per heavy atom. The van der Waals surface area contributed by atoms with Crippen molar-refractivity contribution in [3.05, 3.63) is 96.3 Å². The minimum absolute atomic E-state index is 0.00585. The van der Waals surface area contributed by atoms with E-state index in [-0.39, 0.29) is 5.78 Å². The summed E-state index contributed by atoms with van der Waals surface area (Å²) in [7, 11) is 0. The van der Waals surface area contributed by atoms with Crippen LogP contribution in [0.5, 0.6) is 0 Å². The van der Waals surface area contributed by atoms with E-state index < -0.39 is 0 Å². The fourth-order valence-electron chi connectivity index (χ4n) is 2.90. The first kappa shape index (κ1) is 14.3. The molecular formula is C22H15NO. The number of rotatable bonds is 3. The van der Waals surface area contributed by atoms with Crippen molar-refractivity contribution in [1.29, 1.82) is 0 Å². The summed E-state index contributed by atoms with van der Waals surface area (Å²) in [5.74, 6) is -0.00585. The van der Waals surface area contributed by atoms with Gasteiger partial charge in [-0.3, -0.25) is 9.78 Å². The smallest absolute Gasteiger partial charge is 0.185 e. The van der Waals surface area contributed by atoms with E-state index in [1.165, 1.54) is 10.8 Å². The van der Waals surface area contributed by atoms with Crippen LogP contribution in [-0.4, -0.2) is 10.8 Å². The molecule has 0 saturated heterocycles. The minimum Gasteiger partial charge on any atom is -0.289 e. The lowest BCUT2D eigenvalue weighted by atomic mass is 9.98. The van der Waals surface area contributed by atoms with Crippen molar-refractivity contribution in [3.63, 3.8) is 0 Å². The number of allylic oxidation sites excluding steroid dienone is 1. The van der Waals surface area contributed by atoms with Gasteiger partial charge in [0.2, 0.25) is 0 Å². The highest BCUT2D eigenvalue weighted by atomic mass is 16.1. The van der Waals surface area contributed by atoms with Crippen molar-refractivity contribution in [2.75, 3.05) is 0 Å². The Bertz CT molecular complexity index is 1060. The molecule has 0 unspecified atom stereocenters. The highest BCUT2D eigenvalue weighted by Gasteiger charge is 2.06. The zero-order valence-electron chi connectivity index (χ0n) is 13.0. The number of pyridine rings is 1. The van der Waals surface area contributed by atoms with Crippen LogP contribution in [0.1, 0.15) is 15.9 Å². The van der Waals surface area contributed by atoms with Crippen LogP contribution in [0.4, 0.5) is 0 Å². The Morgan fingerprint density at radius 1 is 0.833 bits per heavy atom. The summed E-state index contributed by atoms with van der Waals surface area (Å²) in [6, 6.07) is 22.1. The highest BCUT2D eigenvalue weighted by Crippen LogP contribution is 2.26. The summed E-state index contributed by atoms with van der Waals surface area (Å²) in [5.41, 5.74) is 1.61. The maximum atomic E-state index is 12.5. The fourth-order valence-corrected chi connectivity index (χ4v) is 2.90. The van der Waals surface area contributed by atoms with Gasteiger partial charge in [0.15, 0.2) is 5.78 Å². The first-order valence-corrected chi connectivity index (χ1v) is 7.85. The quantitative estimate of drug-likeness (QED) is 0.292. The predicted molar refractivity (Wildman–Crippen MR) is 99.1 cm³/mol. The monoisotopic (exact) mass is 309 g/mol. The second kappa shape index (κ2) is 6.09. The van der Waals surface area contributed by atoms with Gasteiger partial charge in [0.25, 0.3) is 0 Å². The van der Waals surface area contributed by atoms with E-state index in [1.807, 2.05) is 42.5 Å². The van der Waals surface area contributed by atoms with Gasteiger partial charge >= 0.3 is 0 Å². The van der Waals surface area contributed by atoms with Gasteiger partial charge in [0.1, 0.15) is 0 Å². The molecule has 0 aliphatic carbocycles. The molecule has 0 spiro atoms. The lowest BCUT2D eigenvalue weighted by Gasteiger charge is -2.05. The molecular weight excluding hydrogens is 294 g/mol. The van der Waals surface area contributed by atoms with Crippen LogP contribution in [0.25, 0.3) is 27.6 Å². The van der Waals surface area contributed by atoms with Crippen molar-refractivity contribution in [2.45, 2.75) is 0 Å². The van der Waals surface area contributed by atoms with Crippen molar-refractivity contribution >= 4 is 33.4 Å². The molecule has 0 N–H and O–H groups in total. The summed E-state index contributed by atoms with van der Waals surface area (Å²) in [4.78, 5) is 16.5. The molecule has 4 aromatic rings. The maximum absolute atomic E-state index is 12.5. The van der Waals surface area contributed by atoms with E-state index in [9.17, 15) is 4.79 Å². The number of ketones is 1. The van der Waals surface area contributed by atoms with Crippen LogP contribution in [0.15, 0.2) is 85.2 Å². The second-order valence-electron chi connectivity index (χ2n) is 5.71. The summed E-state index contributed by atoms with van der Waals surface area (Å²) in [6.45, 7) is 0. The number of carbonyl (C=O) groups excluding carboxylic acids is 1. The number of benzene rings is 3. The largest absolute Gasteiger partial charge is 0.289 e. The Kier molecular flexibility index (Phi) is 3.64. The van der Waals surface area contributed by atoms with E-state index in [4.69, 9.17) is 0 Å². The van der Waals surface area contributed by atoms with Gasteiger partial charge < -0.3 is 0 Å². The molecule has 4 rings (SSSR count). The number of aromatic nitrogens is 1. The standard InChI is InChI=1S/C22H15NO/c24-22(12-7-16-4-3-13-23-15-16)19-11-10-18-9-8-17-5-1-2-6-20(17)21(18)14-19/h1-15H. The van der Waals surface area contributed by atoms with Crippen LogP contribution in [0.2, 0.25) is 0 Å². The third-order valence-corrected chi connectivity index (χ3v) is 4.14. The number of hydrogen-bond acceptors (Lipinski definition) is 2. The summed E-state index contributed by atoms with van der Waals surface area (Å²) < 4.78 is 0. The molecule has 0 bridgehead atoms. The predicted octanol–water partition coefficient (Wildman–Crippen LogP) is 5.28. The zero-order valence-corrected chi connectivity index (χ0v) is 13.0. The van der Waals surface area contributed by atoms with Crippen LogP contribution in [-0.2, 0) is 0 Å². The molecule has 2 heteroatoms. The molecule has 0 fully saturated rings. The minimum atomic E-state index is -0.00585. The summed E-state index contributed by atoms with van der Waals surface area (Å²) in [6.07, 6.45) is 6.84. The Balaban J connectivity index is 1.75. The van der Waals surface area contributed by atoms with Gasteiger partial charge in [0, 0.05) is 18.0 Å². The topological polar surface area (TPSA) is 30.0 Å². The first-order valence-electron chi connectivity index (χ1n) is 7.85. The molecule has 0 aliphatic rings. The third-order valence-electron chi connectivity index (χ3n) is 4.14. The molecule has 114 valence electrons. The Labute approximate surface area is 140 Å². The average Bonchev–Trinajstić information content (AvgIpc) is 2.66. The van der Waals surface area contributed by atoms with E-state index in [0.717, 1.165) is 16.3 Å². The molecule has 0 saturated carbocycles. The molecule has 0 atom stereocenters. The molecule has 1 aromatic heterocycles. The number of carbonyl (C=O) groups is 1. The van der Waals surface area contributed by atoms with E-state index >= 15 is 0 Å². The first-order chi connectivity index (χ1) is 11.8.